The molecule has 138 valence electrons. The number of ether oxygens (including phenoxy) is 3. The van der Waals surface area contributed by atoms with Gasteiger partial charge in [-0.05, 0) is 55.8 Å². The second-order valence-corrected chi connectivity index (χ2v) is 6.30. The number of hydrogen-bond donors (Lipinski definition) is 1. The molecule has 0 radical (unpaired) electrons. The third-order valence-electron chi connectivity index (χ3n) is 3.50. The van der Waals surface area contributed by atoms with E-state index in [4.69, 9.17) is 14.2 Å². The van der Waals surface area contributed by atoms with Crippen LogP contribution in [0.1, 0.15) is 22.8 Å². The fourth-order valence-electron chi connectivity index (χ4n) is 2.24. The quantitative estimate of drug-likeness (QED) is 0.684. The van der Waals surface area contributed by atoms with E-state index < -0.39 is 11.9 Å². The molecular weight excluding hydrogens is 402 g/mol. The lowest BCUT2D eigenvalue weighted by molar-refractivity contribution is -0.119. The number of methoxy groups -OCH3 is 1. The summed E-state index contributed by atoms with van der Waals surface area (Å²) in [5.41, 5.74) is 1.84. The molecule has 1 amide bonds. The number of hydrogen-bond acceptors (Lipinski definition) is 5. The summed E-state index contributed by atoms with van der Waals surface area (Å²) >= 11 is 3.36. The van der Waals surface area contributed by atoms with Crippen molar-refractivity contribution in [2.24, 2.45) is 0 Å². The Morgan fingerprint density at radius 1 is 1.12 bits per heavy atom. The first-order chi connectivity index (χ1) is 12.4. The van der Waals surface area contributed by atoms with Crippen LogP contribution >= 0.6 is 15.9 Å². The van der Waals surface area contributed by atoms with Crippen molar-refractivity contribution in [1.82, 2.24) is 0 Å². The van der Waals surface area contributed by atoms with Gasteiger partial charge in [-0.25, -0.2) is 4.79 Å². The SMILES string of the molecule is CCOc1cc(C(=O)OCC(=O)Nc2ccc(Br)cc2C)ccc1OC. The topological polar surface area (TPSA) is 73.9 Å². The number of carbonyl (C=O) groups is 2. The van der Waals surface area contributed by atoms with Gasteiger partial charge in [-0.2, -0.15) is 0 Å². The number of amides is 1. The van der Waals surface area contributed by atoms with E-state index in [9.17, 15) is 9.59 Å². The van der Waals surface area contributed by atoms with Gasteiger partial charge in [-0.15, -0.1) is 0 Å². The number of carbonyl (C=O) groups excluding carboxylic acids is 2. The molecule has 0 heterocycles. The minimum Gasteiger partial charge on any atom is -0.493 e. The van der Waals surface area contributed by atoms with E-state index in [0.717, 1.165) is 10.0 Å². The van der Waals surface area contributed by atoms with Crippen LogP contribution in [0.15, 0.2) is 40.9 Å². The number of esters is 1. The van der Waals surface area contributed by atoms with Crippen molar-refractivity contribution in [2.45, 2.75) is 13.8 Å². The molecule has 0 aliphatic heterocycles. The van der Waals surface area contributed by atoms with Crippen molar-refractivity contribution < 1.29 is 23.8 Å². The summed E-state index contributed by atoms with van der Waals surface area (Å²) in [5.74, 6) is -0.0650. The summed E-state index contributed by atoms with van der Waals surface area (Å²) in [6.45, 7) is 3.76. The standard InChI is InChI=1S/C19H20BrNO5/c1-4-25-17-10-13(5-8-16(17)24-3)19(23)26-11-18(22)21-15-7-6-14(20)9-12(15)2/h5-10H,4,11H2,1-3H3,(H,21,22). The molecule has 0 aromatic heterocycles. The molecule has 0 spiro atoms. The highest BCUT2D eigenvalue weighted by Gasteiger charge is 2.14. The van der Waals surface area contributed by atoms with Crippen LogP contribution in [0, 0.1) is 6.92 Å². The molecule has 0 saturated heterocycles. The van der Waals surface area contributed by atoms with Crippen molar-refractivity contribution in [1.29, 1.82) is 0 Å². The Morgan fingerprint density at radius 2 is 1.88 bits per heavy atom. The van der Waals surface area contributed by atoms with Crippen LogP contribution in [-0.4, -0.2) is 32.2 Å². The van der Waals surface area contributed by atoms with E-state index in [-0.39, 0.29) is 12.2 Å². The van der Waals surface area contributed by atoms with Gasteiger partial charge >= 0.3 is 5.97 Å². The van der Waals surface area contributed by atoms with E-state index in [1.807, 2.05) is 26.0 Å². The van der Waals surface area contributed by atoms with Gasteiger partial charge in [-0.3, -0.25) is 4.79 Å². The van der Waals surface area contributed by atoms with E-state index in [1.54, 1.807) is 18.2 Å². The predicted molar refractivity (Wildman–Crippen MR) is 102 cm³/mol. The smallest absolute Gasteiger partial charge is 0.338 e. The van der Waals surface area contributed by atoms with Crippen LogP contribution in [0.2, 0.25) is 0 Å². The van der Waals surface area contributed by atoms with Crippen molar-refractivity contribution in [3.8, 4) is 11.5 Å². The lowest BCUT2D eigenvalue weighted by Gasteiger charge is -2.11. The lowest BCUT2D eigenvalue weighted by Crippen LogP contribution is -2.21. The molecule has 0 aliphatic carbocycles. The molecule has 0 saturated carbocycles. The number of anilines is 1. The van der Waals surface area contributed by atoms with Gasteiger partial charge in [0.05, 0.1) is 19.3 Å². The maximum Gasteiger partial charge on any atom is 0.338 e. The second kappa shape index (κ2) is 9.24. The molecule has 7 heteroatoms. The van der Waals surface area contributed by atoms with Gasteiger partial charge in [0.1, 0.15) is 0 Å². The summed E-state index contributed by atoms with van der Waals surface area (Å²) in [5, 5.41) is 2.71. The number of nitrogens with one attached hydrogen (secondary N) is 1. The number of aryl methyl sites for hydroxylation is 1. The monoisotopic (exact) mass is 421 g/mol. The number of rotatable bonds is 7. The van der Waals surface area contributed by atoms with Gasteiger partial charge < -0.3 is 19.5 Å². The highest BCUT2D eigenvalue weighted by Crippen LogP contribution is 2.28. The van der Waals surface area contributed by atoms with Crippen molar-refractivity contribution in [2.75, 3.05) is 25.6 Å². The molecule has 2 aromatic carbocycles. The van der Waals surface area contributed by atoms with Crippen LogP contribution < -0.4 is 14.8 Å². The van der Waals surface area contributed by atoms with Gasteiger partial charge in [0.15, 0.2) is 18.1 Å². The Labute approximate surface area is 160 Å². The van der Waals surface area contributed by atoms with Crippen LogP contribution in [0.25, 0.3) is 0 Å². The van der Waals surface area contributed by atoms with E-state index >= 15 is 0 Å². The Balaban J connectivity index is 1.97. The highest BCUT2D eigenvalue weighted by atomic mass is 79.9. The van der Waals surface area contributed by atoms with Crippen LogP contribution in [0.3, 0.4) is 0 Å². The zero-order chi connectivity index (χ0) is 19.1. The number of benzene rings is 2. The second-order valence-electron chi connectivity index (χ2n) is 5.38. The van der Waals surface area contributed by atoms with Crippen LogP contribution in [0.4, 0.5) is 5.69 Å². The maximum absolute atomic E-state index is 12.2. The summed E-state index contributed by atoms with van der Waals surface area (Å²) in [6, 6.07) is 10.2. The summed E-state index contributed by atoms with van der Waals surface area (Å²) < 4.78 is 16.6. The van der Waals surface area contributed by atoms with Crippen molar-refractivity contribution in [3.05, 3.63) is 52.0 Å². The minimum atomic E-state index is -0.615. The Morgan fingerprint density at radius 3 is 2.54 bits per heavy atom. The fraction of sp³-hybridized carbons (Fsp3) is 0.263. The highest BCUT2D eigenvalue weighted by molar-refractivity contribution is 9.10. The molecule has 0 aliphatic rings. The summed E-state index contributed by atoms with van der Waals surface area (Å²) in [4.78, 5) is 24.2. The van der Waals surface area contributed by atoms with Gasteiger partial charge in [0, 0.05) is 10.2 Å². The predicted octanol–water partition coefficient (Wildman–Crippen LogP) is 3.96. The Kier molecular flexibility index (Phi) is 7.03. The number of halogens is 1. The molecule has 6 nitrogen and oxygen atoms in total. The van der Waals surface area contributed by atoms with E-state index in [2.05, 4.69) is 21.2 Å². The zero-order valence-electron chi connectivity index (χ0n) is 14.8. The van der Waals surface area contributed by atoms with Crippen molar-refractivity contribution >= 4 is 33.5 Å². The summed E-state index contributed by atoms with van der Waals surface area (Å²) in [6.07, 6.45) is 0. The zero-order valence-corrected chi connectivity index (χ0v) is 16.4. The van der Waals surface area contributed by atoms with Gasteiger partial charge in [-0.1, -0.05) is 15.9 Å². The third kappa shape index (κ3) is 5.23. The molecule has 0 unspecified atom stereocenters. The van der Waals surface area contributed by atoms with Crippen LogP contribution in [0.5, 0.6) is 11.5 Å². The average molecular weight is 422 g/mol. The average Bonchev–Trinajstić information content (AvgIpc) is 2.62. The molecule has 1 N–H and O–H groups in total. The first kappa shape index (κ1) is 19.8. The molecule has 0 atom stereocenters. The molecule has 2 aromatic rings. The van der Waals surface area contributed by atoms with Gasteiger partial charge in [0.2, 0.25) is 0 Å². The van der Waals surface area contributed by atoms with Gasteiger partial charge in [0.25, 0.3) is 5.91 Å². The Hall–Kier alpha value is -2.54. The normalized spacial score (nSPS) is 10.2. The third-order valence-corrected chi connectivity index (χ3v) is 3.99. The largest absolute Gasteiger partial charge is 0.493 e. The summed E-state index contributed by atoms with van der Waals surface area (Å²) in [7, 11) is 1.52. The molecule has 0 fully saturated rings. The Bertz CT molecular complexity index is 807. The maximum atomic E-state index is 12.2. The van der Waals surface area contributed by atoms with E-state index in [0.29, 0.717) is 23.8 Å². The first-order valence-corrected chi connectivity index (χ1v) is 8.77. The fourth-order valence-corrected chi connectivity index (χ4v) is 2.72. The first-order valence-electron chi connectivity index (χ1n) is 7.98. The molecule has 26 heavy (non-hydrogen) atoms. The minimum absolute atomic E-state index is 0.280. The molecular formula is C19H20BrNO5. The van der Waals surface area contributed by atoms with Crippen molar-refractivity contribution in [3.63, 3.8) is 0 Å². The molecule has 0 bridgehead atoms. The lowest BCUT2D eigenvalue weighted by atomic mass is 10.2. The van der Waals surface area contributed by atoms with E-state index in [1.165, 1.54) is 13.2 Å². The van der Waals surface area contributed by atoms with Crippen LogP contribution in [-0.2, 0) is 9.53 Å². The molecule has 2 rings (SSSR count).